The first-order chi connectivity index (χ1) is 5.49. The zero-order chi connectivity index (χ0) is 9.61. The molecule has 0 amide bonds. The molecule has 0 aliphatic carbocycles. The van der Waals surface area contributed by atoms with E-state index in [9.17, 15) is 0 Å². The van der Waals surface area contributed by atoms with Gasteiger partial charge >= 0.3 is 87.1 Å². The molecule has 0 unspecified atom stereocenters. The fourth-order valence-electron chi connectivity index (χ4n) is 0.957. The number of hydrogen-bond acceptors (Lipinski definition) is 0. The number of allylic oxidation sites excluding steroid dienone is 4. The van der Waals surface area contributed by atoms with Gasteiger partial charge in [0, 0.05) is 0 Å². The Bertz CT molecular complexity index is 192. The van der Waals surface area contributed by atoms with Crippen LogP contribution in [0.3, 0.4) is 0 Å². The van der Waals surface area contributed by atoms with Crippen molar-refractivity contribution in [2.24, 2.45) is 5.41 Å². The predicted octanol–water partition coefficient (Wildman–Crippen LogP) is 3.08. The molecule has 0 spiro atoms. The van der Waals surface area contributed by atoms with Gasteiger partial charge in [0.15, 0.2) is 0 Å². The minimum atomic E-state index is 0.364. The van der Waals surface area contributed by atoms with Crippen LogP contribution >= 0.6 is 0 Å². The van der Waals surface area contributed by atoms with Crippen molar-refractivity contribution in [3.63, 3.8) is 0 Å². The molecule has 0 heterocycles. The molecule has 0 aromatic heterocycles. The molecule has 0 aliphatic rings. The monoisotopic (exact) mass is 333 g/mol. The topological polar surface area (TPSA) is 0 Å². The van der Waals surface area contributed by atoms with E-state index >= 15 is 0 Å². The number of hydrogen-bond donors (Lipinski definition) is 0. The Morgan fingerprint density at radius 3 is 2.33 bits per heavy atom. The van der Waals surface area contributed by atoms with Crippen LogP contribution in [-0.2, 0) is 19.4 Å². The SMILES string of the molecule is C[C-]=C(/C=C\[CH]=[W])CC(C)(C)C. The van der Waals surface area contributed by atoms with Crippen LogP contribution in [0.5, 0.6) is 0 Å². The molecule has 0 bridgehead atoms. The summed E-state index contributed by atoms with van der Waals surface area (Å²) in [6.07, 6.45) is 8.57. The predicted molar refractivity (Wildman–Crippen MR) is 51.7 cm³/mol. The first-order valence-electron chi connectivity index (χ1n) is 4.15. The summed E-state index contributed by atoms with van der Waals surface area (Å²) >= 11 is 1.49. The van der Waals surface area contributed by atoms with Gasteiger partial charge in [0.2, 0.25) is 0 Å². The summed E-state index contributed by atoms with van der Waals surface area (Å²) in [5.41, 5.74) is 1.67. The maximum absolute atomic E-state index is 3.21. The fraction of sp³-hybridized carbons (Fsp3) is 0.545. The Labute approximate surface area is 87.2 Å². The molecule has 0 saturated heterocycles. The summed E-state index contributed by atoms with van der Waals surface area (Å²) in [6.45, 7) is 8.73. The number of rotatable bonds is 3. The maximum atomic E-state index is 3.21. The average Bonchev–Trinajstić information content (AvgIpc) is 1.95. The van der Waals surface area contributed by atoms with E-state index in [0.717, 1.165) is 6.42 Å². The molecule has 0 N–H and O–H groups in total. The van der Waals surface area contributed by atoms with Crippen molar-refractivity contribution in [2.75, 3.05) is 0 Å². The first kappa shape index (κ1) is 12.0. The second kappa shape index (κ2) is 5.64. The Hall–Kier alpha value is 0.0383. The zero-order valence-electron chi connectivity index (χ0n) is 8.35. The van der Waals surface area contributed by atoms with Crippen LogP contribution in [0.15, 0.2) is 17.7 Å². The third-order valence-electron chi connectivity index (χ3n) is 1.42. The van der Waals surface area contributed by atoms with E-state index in [1.165, 1.54) is 24.9 Å². The molecule has 0 atom stereocenters. The molecular weight excluding hydrogens is 316 g/mol. The van der Waals surface area contributed by atoms with E-state index < -0.39 is 0 Å². The van der Waals surface area contributed by atoms with Crippen molar-refractivity contribution in [1.29, 1.82) is 0 Å². The third kappa shape index (κ3) is 6.73. The summed E-state index contributed by atoms with van der Waals surface area (Å²) < 4.78 is 2.12. The molecule has 1 heteroatoms. The summed E-state index contributed by atoms with van der Waals surface area (Å²) in [7, 11) is 0. The van der Waals surface area contributed by atoms with Gasteiger partial charge in [-0.2, -0.15) is 0 Å². The van der Waals surface area contributed by atoms with E-state index in [1.807, 2.05) is 6.92 Å². The zero-order valence-corrected chi connectivity index (χ0v) is 11.3. The van der Waals surface area contributed by atoms with Gasteiger partial charge in [-0.3, -0.25) is 0 Å². The molecule has 0 aromatic carbocycles. The third-order valence-corrected chi connectivity index (χ3v) is 1.98. The van der Waals surface area contributed by atoms with Gasteiger partial charge in [0.05, 0.1) is 0 Å². The van der Waals surface area contributed by atoms with Crippen LogP contribution in [0.2, 0.25) is 0 Å². The molecule has 0 nitrogen and oxygen atoms in total. The molecule has 0 aromatic rings. The van der Waals surface area contributed by atoms with Crippen molar-refractivity contribution < 1.29 is 19.4 Å². The van der Waals surface area contributed by atoms with Crippen LogP contribution < -0.4 is 0 Å². The summed E-state index contributed by atoms with van der Waals surface area (Å²) in [5.74, 6) is 0. The first-order valence-corrected chi connectivity index (χ1v) is 5.84. The molecule has 0 aliphatic heterocycles. The molecule has 0 rings (SSSR count). The van der Waals surface area contributed by atoms with Crippen molar-refractivity contribution in [2.45, 2.75) is 34.1 Å². The fourth-order valence-corrected chi connectivity index (χ4v) is 1.24. The minimum absolute atomic E-state index is 0.364. The van der Waals surface area contributed by atoms with Crippen LogP contribution in [0, 0.1) is 11.5 Å². The van der Waals surface area contributed by atoms with E-state index in [1.54, 1.807) is 0 Å². The normalized spacial score (nSPS) is 13.8. The molecule has 0 radical (unpaired) electrons. The second-order valence-electron chi connectivity index (χ2n) is 4.01. The Morgan fingerprint density at radius 2 is 2.00 bits per heavy atom. The molecule has 0 saturated carbocycles. The average molecular weight is 333 g/mol. The van der Waals surface area contributed by atoms with Crippen molar-refractivity contribution in [3.8, 4) is 0 Å². The Kier molecular flexibility index (Phi) is 5.66. The van der Waals surface area contributed by atoms with Gasteiger partial charge in [-0.05, 0) is 0 Å². The second-order valence-corrected chi connectivity index (χ2v) is 4.99. The van der Waals surface area contributed by atoms with Crippen molar-refractivity contribution >= 4 is 4.40 Å². The quantitative estimate of drug-likeness (QED) is 0.550. The Balaban J connectivity index is 4.21. The van der Waals surface area contributed by atoms with Crippen LogP contribution in [0.1, 0.15) is 34.1 Å². The standard InChI is InChI=1S/C11H17.W/c1-6-8-10(7-2)9-11(3,4)5;/h1,6,8H,9H2,2-5H3;/q-1;/b8-6-;. The van der Waals surface area contributed by atoms with Crippen LogP contribution in [0.4, 0.5) is 0 Å². The van der Waals surface area contributed by atoms with Gasteiger partial charge in [-0.1, -0.05) is 0 Å². The summed E-state index contributed by atoms with van der Waals surface area (Å²) in [4.78, 5) is 0. The van der Waals surface area contributed by atoms with Gasteiger partial charge in [0.25, 0.3) is 0 Å². The molecule has 68 valence electrons. The van der Waals surface area contributed by atoms with Crippen molar-refractivity contribution in [1.82, 2.24) is 0 Å². The van der Waals surface area contributed by atoms with Gasteiger partial charge < -0.3 is 0 Å². The van der Waals surface area contributed by atoms with Crippen LogP contribution in [0.25, 0.3) is 0 Å². The van der Waals surface area contributed by atoms with Gasteiger partial charge in [0.1, 0.15) is 0 Å². The molecular formula is C11H17W-. The van der Waals surface area contributed by atoms with Crippen molar-refractivity contribution in [3.05, 3.63) is 23.8 Å². The van der Waals surface area contributed by atoms with E-state index in [2.05, 4.69) is 43.4 Å². The molecule has 12 heavy (non-hydrogen) atoms. The van der Waals surface area contributed by atoms with E-state index in [-0.39, 0.29) is 0 Å². The molecule has 0 fully saturated rings. The van der Waals surface area contributed by atoms with E-state index in [0.29, 0.717) is 5.41 Å². The Morgan fingerprint density at radius 1 is 1.42 bits per heavy atom. The van der Waals surface area contributed by atoms with Crippen LogP contribution in [-0.4, -0.2) is 4.40 Å². The van der Waals surface area contributed by atoms with E-state index in [4.69, 9.17) is 0 Å². The summed E-state index contributed by atoms with van der Waals surface area (Å²) in [6, 6.07) is 0. The van der Waals surface area contributed by atoms with Gasteiger partial charge in [-0.25, -0.2) is 0 Å². The van der Waals surface area contributed by atoms with Gasteiger partial charge in [-0.15, -0.1) is 0 Å². The summed E-state index contributed by atoms with van der Waals surface area (Å²) in [5, 5.41) is 0.